The highest BCUT2D eigenvalue weighted by Crippen LogP contribution is 1.84. The lowest BCUT2D eigenvalue weighted by Gasteiger charge is -1.85. The van der Waals surface area contributed by atoms with Crippen molar-refractivity contribution in [3.63, 3.8) is 0 Å². The van der Waals surface area contributed by atoms with E-state index in [0.29, 0.717) is 0 Å². The monoisotopic (exact) mass is 204 g/mol. The van der Waals surface area contributed by atoms with Crippen molar-refractivity contribution in [3.05, 3.63) is 24.3 Å². The first kappa shape index (κ1) is 9.43. The molecule has 0 bridgehead atoms. The van der Waals surface area contributed by atoms with Gasteiger partial charge in [0.05, 0.1) is 7.11 Å². The molecule has 0 aliphatic rings. The Morgan fingerprint density at radius 2 is 2.30 bits per heavy atom. The van der Waals surface area contributed by atoms with Gasteiger partial charge in [-0.05, 0) is 0 Å². The Balaban J connectivity index is 3.55. The van der Waals surface area contributed by atoms with Crippen LogP contribution in [0.1, 0.15) is 0 Å². The number of hydrogen-bond acceptors (Lipinski definition) is 2. The molecule has 3 heteroatoms. The largest absolute Gasteiger partial charge is 0.466 e. The van der Waals surface area contributed by atoms with E-state index in [0.717, 1.165) is 5.33 Å². The fraction of sp³-hybridized carbons (Fsp3) is 0.286. The summed E-state index contributed by atoms with van der Waals surface area (Å²) in [7, 11) is 1.35. The van der Waals surface area contributed by atoms with E-state index in [2.05, 4.69) is 20.7 Å². The predicted molar refractivity (Wildman–Crippen MR) is 44.1 cm³/mol. The van der Waals surface area contributed by atoms with Gasteiger partial charge in [0.15, 0.2) is 0 Å². The predicted octanol–water partition coefficient (Wildman–Crippen LogP) is 1.67. The number of carbonyl (C=O) groups is 1. The minimum atomic E-state index is -0.334. The third-order valence-electron chi connectivity index (χ3n) is 0.770. The molecular weight excluding hydrogens is 196 g/mol. The number of ether oxygens (including phenoxy) is 1. The zero-order chi connectivity index (χ0) is 7.82. The Kier molecular flexibility index (Phi) is 6.18. The van der Waals surface area contributed by atoms with Gasteiger partial charge in [-0.1, -0.05) is 34.2 Å². The molecule has 0 unspecified atom stereocenters. The van der Waals surface area contributed by atoms with E-state index < -0.39 is 0 Å². The quantitative estimate of drug-likeness (QED) is 0.303. The van der Waals surface area contributed by atoms with Crippen molar-refractivity contribution in [1.82, 2.24) is 0 Å². The second-order valence-electron chi connectivity index (χ2n) is 1.46. The highest BCUT2D eigenvalue weighted by atomic mass is 79.9. The van der Waals surface area contributed by atoms with Crippen molar-refractivity contribution in [2.75, 3.05) is 12.4 Å². The molecule has 56 valence electrons. The van der Waals surface area contributed by atoms with Crippen LogP contribution in [0.15, 0.2) is 24.3 Å². The summed E-state index contributed by atoms with van der Waals surface area (Å²) in [5, 5.41) is 0.790. The van der Waals surface area contributed by atoms with Gasteiger partial charge in [-0.3, -0.25) is 0 Å². The van der Waals surface area contributed by atoms with Gasteiger partial charge in [0.2, 0.25) is 0 Å². The number of hydrogen-bond donors (Lipinski definition) is 0. The molecular formula is C7H9BrO2. The lowest BCUT2D eigenvalue weighted by molar-refractivity contribution is -0.134. The van der Waals surface area contributed by atoms with Gasteiger partial charge in [-0.2, -0.15) is 0 Å². The SMILES string of the molecule is COC(=O)/C=C/C=C/CBr. The molecule has 0 N–H and O–H groups in total. The molecule has 0 aliphatic heterocycles. The molecule has 0 atom stereocenters. The molecule has 0 saturated heterocycles. The maximum atomic E-state index is 10.4. The topological polar surface area (TPSA) is 26.3 Å². The summed E-state index contributed by atoms with van der Waals surface area (Å²) in [5.41, 5.74) is 0. The van der Waals surface area contributed by atoms with Crippen molar-refractivity contribution >= 4 is 21.9 Å². The van der Waals surface area contributed by atoms with Gasteiger partial charge in [-0.25, -0.2) is 4.79 Å². The molecule has 10 heavy (non-hydrogen) atoms. The smallest absolute Gasteiger partial charge is 0.330 e. The molecule has 0 aromatic carbocycles. The second-order valence-corrected chi connectivity index (χ2v) is 2.11. The minimum absolute atomic E-state index is 0.334. The zero-order valence-corrected chi connectivity index (χ0v) is 7.30. The third-order valence-corrected chi connectivity index (χ3v) is 1.14. The number of halogens is 1. The summed E-state index contributed by atoms with van der Waals surface area (Å²) in [6, 6.07) is 0. The Bertz CT molecular complexity index is 150. The molecule has 0 rings (SSSR count). The number of allylic oxidation sites excluding steroid dienone is 3. The summed E-state index contributed by atoms with van der Waals surface area (Å²) in [5.74, 6) is -0.334. The van der Waals surface area contributed by atoms with Gasteiger partial charge in [0.1, 0.15) is 0 Å². The molecule has 0 amide bonds. The number of methoxy groups -OCH3 is 1. The minimum Gasteiger partial charge on any atom is -0.466 e. The van der Waals surface area contributed by atoms with Crippen molar-refractivity contribution < 1.29 is 9.53 Å². The Labute approximate surface area is 68.7 Å². The van der Waals surface area contributed by atoms with E-state index in [1.54, 1.807) is 12.2 Å². The fourth-order valence-corrected chi connectivity index (χ4v) is 0.548. The van der Waals surface area contributed by atoms with E-state index in [9.17, 15) is 4.79 Å². The maximum Gasteiger partial charge on any atom is 0.330 e. The fourth-order valence-electron chi connectivity index (χ4n) is 0.332. The average molecular weight is 205 g/mol. The zero-order valence-electron chi connectivity index (χ0n) is 5.71. The van der Waals surface area contributed by atoms with Gasteiger partial charge in [0, 0.05) is 11.4 Å². The first-order valence-corrected chi connectivity index (χ1v) is 3.90. The molecule has 0 aliphatic carbocycles. The molecule has 0 aromatic rings. The van der Waals surface area contributed by atoms with Crippen LogP contribution in [0.4, 0.5) is 0 Å². The second kappa shape index (κ2) is 6.55. The summed E-state index contributed by atoms with van der Waals surface area (Å²) >= 11 is 3.20. The summed E-state index contributed by atoms with van der Waals surface area (Å²) in [6.45, 7) is 0. The molecule has 0 radical (unpaired) electrons. The van der Waals surface area contributed by atoms with Crippen LogP contribution in [0, 0.1) is 0 Å². The summed E-state index contributed by atoms with van der Waals surface area (Å²) < 4.78 is 4.36. The lowest BCUT2D eigenvalue weighted by atomic mass is 10.4. The first-order valence-electron chi connectivity index (χ1n) is 2.78. The van der Waals surface area contributed by atoms with Crippen LogP contribution in [0.25, 0.3) is 0 Å². The van der Waals surface area contributed by atoms with E-state index in [-0.39, 0.29) is 5.97 Å². The lowest BCUT2D eigenvalue weighted by Crippen LogP contribution is -1.92. The number of carbonyl (C=O) groups excluding carboxylic acids is 1. The molecule has 0 aromatic heterocycles. The van der Waals surface area contributed by atoms with E-state index in [1.807, 2.05) is 6.08 Å². The molecule has 0 spiro atoms. The van der Waals surface area contributed by atoms with Crippen molar-refractivity contribution in [3.8, 4) is 0 Å². The summed E-state index contributed by atoms with van der Waals surface area (Å²) in [4.78, 5) is 10.4. The van der Waals surface area contributed by atoms with Crippen molar-refractivity contribution in [1.29, 1.82) is 0 Å². The van der Waals surface area contributed by atoms with Crippen LogP contribution < -0.4 is 0 Å². The highest BCUT2D eigenvalue weighted by molar-refractivity contribution is 9.09. The summed E-state index contributed by atoms with van der Waals surface area (Å²) in [6.07, 6.45) is 6.64. The Morgan fingerprint density at radius 3 is 2.80 bits per heavy atom. The third kappa shape index (κ3) is 5.56. The molecule has 0 fully saturated rings. The van der Waals surface area contributed by atoms with Gasteiger partial charge < -0.3 is 4.74 Å². The van der Waals surface area contributed by atoms with Crippen molar-refractivity contribution in [2.24, 2.45) is 0 Å². The van der Waals surface area contributed by atoms with Gasteiger partial charge in [0.25, 0.3) is 0 Å². The standard InChI is InChI=1S/C7H9BrO2/c1-10-7(9)5-3-2-4-6-8/h2-5H,6H2,1H3/b4-2+,5-3+. The van der Waals surface area contributed by atoms with E-state index in [1.165, 1.54) is 13.2 Å². The Morgan fingerprint density at radius 1 is 1.60 bits per heavy atom. The molecule has 2 nitrogen and oxygen atoms in total. The van der Waals surface area contributed by atoms with Crippen LogP contribution >= 0.6 is 15.9 Å². The Hall–Kier alpha value is -0.570. The number of alkyl halides is 1. The van der Waals surface area contributed by atoms with Gasteiger partial charge >= 0.3 is 5.97 Å². The van der Waals surface area contributed by atoms with Crippen molar-refractivity contribution in [2.45, 2.75) is 0 Å². The van der Waals surface area contributed by atoms with Crippen LogP contribution in [0.2, 0.25) is 0 Å². The van der Waals surface area contributed by atoms with Gasteiger partial charge in [-0.15, -0.1) is 0 Å². The average Bonchev–Trinajstić information content (AvgIpc) is 1.98. The van der Waals surface area contributed by atoms with E-state index >= 15 is 0 Å². The van der Waals surface area contributed by atoms with E-state index in [4.69, 9.17) is 0 Å². The maximum absolute atomic E-state index is 10.4. The van der Waals surface area contributed by atoms with Crippen LogP contribution in [-0.4, -0.2) is 18.4 Å². The number of rotatable bonds is 3. The van der Waals surface area contributed by atoms with Crippen LogP contribution in [0.3, 0.4) is 0 Å². The first-order chi connectivity index (χ1) is 4.81. The highest BCUT2D eigenvalue weighted by Gasteiger charge is 1.85. The normalized spacial score (nSPS) is 11.0. The van der Waals surface area contributed by atoms with Crippen LogP contribution in [0.5, 0.6) is 0 Å². The molecule has 0 heterocycles. The number of esters is 1. The van der Waals surface area contributed by atoms with Crippen LogP contribution in [-0.2, 0) is 9.53 Å². The molecule has 0 saturated carbocycles.